The largest absolute Gasteiger partial charge is 0.504 e. The Hall–Kier alpha value is -2.04. The van der Waals surface area contributed by atoms with Crippen molar-refractivity contribution in [2.45, 2.75) is 6.42 Å². The second-order valence-corrected chi connectivity index (χ2v) is 3.08. The molecule has 5 nitrogen and oxygen atoms in total. The number of ether oxygens (including phenoxy) is 2. The van der Waals surface area contributed by atoms with Crippen molar-refractivity contribution in [3.05, 3.63) is 18.2 Å². The molecule has 0 fully saturated rings. The van der Waals surface area contributed by atoms with Crippen LogP contribution in [0.4, 0.5) is 0 Å². The molecule has 0 saturated heterocycles. The highest BCUT2D eigenvalue weighted by Gasteiger charge is 2.24. The number of aromatic hydroxyl groups is 3. The maximum absolute atomic E-state index is 9.81. The minimum absolute atomic E-state index is 0.0188. The Labute approximate surface area is 93.2 Å². The maximum Gasteiger partial charge on any atom is 0.211 e. The van der Waals surface area contributed by atoms with Gasteiger partial charge in [-0.05, 0) is 6.42 Å². The zero-order valence-corrected chi connectivity index (χ0v) is 9.15. The Morgan fingerprint density at radius 2 is 1.50 bits per heavy atom. The second-order valence-electron chi connectivity index (χ2n) is 3.08. The summed E-state index contributed by atoms with van der Waals surface area (Å²) in [5.41, 5.74) is 0.144. The van der Waals surface area contributed by atoms with Gasteiger partial charge in [-0.1, -0.05) is 6.08 Å². The van der Waals surface area contributed by atoms with Crippen molar-refractivity contribution in [1.29, 1.82) is 0 Å². The minimum Gasteiger partial charge on any atom is -0.504 e. The third kappa shape index (κ3) is 1.71. The number of methoxy groups -OCH3 is 2. The first-order valence-electron chi connectivity index (χ1n) is 4.57. The number of phenolic OH excluding ortho intramolecular Hbond substituents is 3. The van der Waals surface area contributed by atoms with Crippen LogP contribution in [-0.2, 0) is 6.42 Å². The number of hydrogen-bond donors (Lipinski definition) is 3. The maximum atomic E-state index is 9.81. The van der Waals surface area contributed by atoms with Gasteiger partial charge in [-0.3, -0.25) is 0 Å². The lowest BCUT2D eigenvalue weighted by atomic mass is 10.1. The SMILES string of the molecule is C=CCc1c(O)c(O)c(OC)c(OC)c1O. The van der Waals surface area contributed by atoms with Crippen molar-refractivity contribution in [2.24, 2.45) is 0 Å². The summed E-state index contributed by atoms with van der Waals surface area (Å²) in [6.45, 7) is 3.49. The van der Waals surface area contributed by atoms with Crippen molar-refractivity contribution in [3.8, 4) is 28.7 Å². The average molecular weight is 226 g/mol. The van der Waals surface area contributed by atoms with Crippen molar-refractivity contribution >= 4 is 0 Å². The lowest BCUT2D eigenvalue weighted by Gasteiger charge is -2.15. The highest BCUT2D eigenvalue weighted by molar-refractivity contribution is 5.68. The number of hydrogen-bond acceptors (Lipinski definition) is 5. The molecule has 1 aromatic carbocycles. The Morgan fingerprint density at radius 1 is 1.00 bits per heavy atom. The molecule has 16 heavy (non-hydrogen) atoms. The molecule has 0 aromatic heterocycles. The molecule has 1 aromatic rings. The number of benzene rings is 1. The van der Waals surface area contributed by atoms with Crippen LogP contribution in [0.3, 0.4) is 0 Å². The van der Waals surface area contributed by atoms with Crippen LogP contribution in [0.5, 0.6) is 28.7 Å². The van der Waals surface area contributed by atoms with Gasteiger partial charge in [0, 0.05) is 5.56 Å². The zero-order valence-electron chi connectivity index (χ0n) is 9.15. The van der Waals surface area contributed by atoms with Gasteiger partial charge < -0.3 is 24.8 Å². The number of phenols is 3. The van der Waals surface area contributed by atoms with Crippen molar-refractivity contribution in [3.63, 3.8) is 0 Å². The lowest BCUT2D eigenvalue weighted by Crippen LogP contribution is -1.95. The fraction of sp³-hybridized carbons (Fsp3) is 0.273. The van der Waals surface area contributed by atoms with Gasteiger partial charge in [0.05, 0.1) is 14.2 Å². The number of rotatable bonds is 4. The van der Waals surface area contributed by atoms with Crippen LogP contribution in [0.25, 0.3) is 0 Å². The summed E-state index contributed by atoms with van der Waals surface area (Å²) in [6, 6.07) is 0. The topological polar surface area (TPSA) is 79.2 Å². The molecule has 0 amide bonds. The molecule has 0 radical (unpaired) electrons. The van der Waals surface area contributed by atoms with E-state index in [9.17, 15) is 15.3 Å². The molecule has 88 valence electrons. The molecule has 5 heteroatoms. The monoisotopic (exact) mass is 226 g/mol. The van der Waals surface area contributed by atoms with Crippen LogP contribution in [0.15, 0.2) is 12.7 Å². The van der Waals surface area contributed by atoms with E-state index in [1.165, 1.54) is 20.3 Å². The van der Waals surface area contributed by atoms with Crippen LogP contribution in [0.2, 0.25) is 0 Å². The molecule has 0 aliphatic rings. The van der Waals surface area contributed by atoms with E-state index in [4.69, 9.17) is 9.47 Å². The van der Waals surface area contributed by atoms with Crippen molar-refractivity contribution < 1.29 is 24.8 Å². The van der Waals surface area contributed by atoms with Crippen molar-refractivity contribution in [1.82, 2.24) is 0 Å². The van der Waals surface area contributed by atoms with Gasteiger partial charge in [-0.2, -0.15) is 0 Å². The summed E-state index contributed by atoms with van der Waals surface area (Å²) >= 11 is 0. The predicted octanol–water partition coefficient (Wildman–Crippen LogP) is 1.55. The van der Waals surface area contributed by atoms with Gasteiger partial charge in [0.2, 0.25) is 17.2 Å². The Morgan fingerprint density at radius 3 is 1.94 bits per heavy atom. The van der Waals surface area contributed by atoms with Gasteiger partial charge in [0.25, 0.3) is 0 Å². The average Bonchev–Trinajstić information content (AvgIpc) is 2.29. The third-order valence-corrected chi connectivity index (χ3v) is 2.19. The molecular weight excluding hydrogens is 212 g/mol. The molecule has 0 aliphatic carbocycles. The van der Waals surface area contributed by atoms with Crippen LogP contribution < -0.4 is 9.47 Å². The molecule has 3 N–H and O–H groups in total. The smallest absolute Gasteiger partial charge is 0.211 e. The molecule has 0 saturated carbocycles. The van der Waals surface area contributed by atoms with Crippen LogP contribution in [0.1, 0.15) is 5.56 Å². The van der Waals surface area contributed by atoms with E-state index in [1.807, 2.05) is 0 Å². The molecule has 0 bridgehead atoms. The van der Waals surface area contributed by atoms with Gasteiger partial charge in [-0.25, -0.2) is 0 Å². The fourth-order valence-corrected chi connectivity index (χ4v) is 1.43. The third-order valence-electron chi connectivity index (χ3n) is 2.19. The summed E-state index contributed by atoms with van der Waals surface area (Å²) in [7, 11) is 2.62. The normalized spacial score (nSPS) is 9.88. The second kappa shape index (κ2) is 4.65. The summed E-state index contributed by atoms with van der Waals surface area (Å²) in [6.07, 6.45) is 1.69. The quantitative estimate of drug-likeness (QED) is 0.412. The van der Waals surface area contributed by atoms with E-state index >= 15 is 0 Å². The summed E-state index contributed by atoms with van der Waals surface area (Å²) < 4.78 is 9.75. The first kappa shape index (κ1) is 12.0. The minimum atomic E-state index is -0.464. The first-order valence-corrected chi connectivity index (χ1v) is 4.57. The van der Waals surface area contributed by atoms with E-state index in [1.54, 1.807) is 0 Å². The summed E-state index contributed by atoms with van der Waals surface area (Å²) in [5, 5.41) is 29.1. The van der Waals surface area contributed by atoms with Crippen molar-refractivity contribution in [2.75, 3.05) is 14.2 Å². The molecule has 0 heterocycles. The molecule has 0 atom stereocenters. The summed E-state index contributed by atoms with van der Waals surface area (Å²) in [4.78, 5) is 0. The Balaban J connectivity index is 3.55. The standard InChI is InChI=1S/C11H14O5/c1-4-5-6-7(12)9(14)11(16-3)10(15-2)8(6)13/h4,12-14H,1,5H2,2-3H3. The van der Waals surface area contributed by atoms with E-state index in [0.29, 0.717) is 0 Å². The molecule has 1 rings (SSSR count). The highest BCUT2D eigenvalue weighted by Crippen LogP contribution is 2.51. The predicted molar refractivity (Wildman–Crippen MR) is 58.4 cm³/mol. The molecule has 0 aliphatic heterocycles. The van der Waals surface area contributed by atoms with Crippen LogP contribution in [-0.4, -0.2) is 29.5 Å². The number of allylic oxidation sites excluding steroid dienone is 1. The highest BCUT2D eigenvalue weighted by atomic mass is 16.5. The van der Waals surface area contributed by atoms with Crippen LogP contribution in [0, 0.1) is 0 Å². The zero-order chi connectivity index (χ0) is 12.3. The van der Waals surface area contributed by atoms with E-state index in [-0.39, 0.29) is 29.2 Å². The Kier molecular flexibility index (Phi) is 3.50. The van der Waals surface area contributed by atoms with Crippen LogP contribution >= 0.6 is 0 Å². The molecule has 0 unspecified atom stereocenters. The van der Waals surface area contributed by atoms with E-state index in [0.717, 1.165) is 0 Å². The molecular formula is C11H14O5. The van der Waals surface area contributed by atoms with E-state index < -0.39 is 11.5 Å². The molecule has 0 spiro atoms. The fourth-order valence-electron chi connectivity index (χ4n) is 1.43. The summed E-state index contributed by atoms with van der Waals surface area (Å²) in [5.74, 6) is -1.29. The lowest BCUT2D eigenvalue weighted by molar-refractivity contribution is 0.303. The van der Waals surface area contributed by atoms with Gasteiger partial charge in [0.1, 0.15) is 0 Å². The van der Waals surface area contributed by atoms with Gasteiger partial charge in [0.15, 0.2) is 11.5 Å². The van der Waals surface area contributed by atoms with E-state index in [2.05, 4.69) is 6.58 Å². The first-order chi connectivity index (χ1) is 7.58. The van der Waals surface area contributed by atoms with Gasteiger partial charge in [-0.15, -0.1) is 6.58 Å². The Bertz CT molecular complexity index is 412. The van der Waals surface area contributed by atoms with Gasteiger partial charge >= 0.3 is 0 Å².